The first-order valence-corrected chi connectivity index (χ1v) is 5.76. The maximum atomic E-state index is 9.92. The number of quaternary nitrogens is 1. The molecule has 0 amide bonds. The van der Waals surface area contributed by atoms with Crippen molar-refractivity contribution in [3.05, 3.63) is 0 Å². The van der Waals surface area contributed by atoms with Gasteiger partial charge in [-0.2, -0.15) is 0 Å². The summed E-state index contributed by atoms with van der Waals surface area (Å²) in [6, 6.07) is 0. The molecule has 0 bridgehead atoms. The second kappa shape index (κ2) is 5.38. The Hall–Kier alpha value is -0.520. The molecule has 2 N–H and O–H groups in total. The molecule has 1 fully saturated rings. The average Bonchev–Trinajstić information content (AvgIpc) is 2.70. The first kappa shape index (κ1) is 11.6. The fraction of sp³-hybridized carbons (Fsp3) is 0.833. The Morgan fingerprint density at radius 3 is 2.29 bits per heavy atom. The van der Waals surface area contributed by atoms with Crippen LogP contribution in [0.25, 0.3) is 0 Å². The zero-order chi connectivity index (χ0) is 10.4. The average molecular weight is 196 g/mol. The Bertz CT molecular complexity index is 216. The van der Waals surface area contributed by atoms with Crippen molar-refractivity contribution in [1.29, 1.82) is 0 Å². The fourth-order valence-electron chi connectivity index (χ4n) is 1.81. The molecule has 0 spiro atoms. The Balaban J connectivity index is 2.37. The highest BCUT2D eigenvalue weighted by Crippen LogP contribution is 2.11. The van der Waals surface area contributed by atoms with E-state index in [0.717, 1.165) is 19.4 Å². The second-order valence-electron chi connectivity index (χ2n) is 4.17. The molecule has 0 radical (unpaired) electrons. The maximum absolute atomic E-state index is 9.92. The van der Waals surface area contributed by atoms with Crippen LogP contribution in [0.3, 0.4) is 0 Å². The Morgan fingerprint density at radius 1 is 1.21 bits per heavy atom. The van der Waals surface area contributed by atoms with Crippen LogP contribution in [0.1, 0.15) is 39.5 Å². The van der Waals surface area contributed by atoms with Gasteiger partial charge in [-0.3, -0.25) is 0 Å². The van der Waals surface area contributed by atoms with Gasteiger partial charge in [-0.15, -0.1) is 0 Å². The van der Waals surface area contributed by atoms with Crippen molar-refractivity contribution >= 4 is 0 Å². The van der Waals surface area contributed by atoms with E-state index in [1.165, 1.54) is 25.9 Å². The van der Waals surface area contributed by atoms with Crippen LogP contribution >= 0.6 is 0 Å². The summed E-state index contributed by atoms with van der Waals surface area (Å²) in [5.74, 6) is 6.14. The van der Waals surface area contributed by atoms with Gasteiger partial charge in [-0.05, 0) is 18.8 Å². The fourth-order valence-corrected chi connectivity index (χ4v) is 1.81. The van der Waals surface area contributed by atoms with Gasteiger partial charge in [0.2, 0.25) is 0 Å². The largest absolute Gasteiger partial charge is 0.378 e. The number of likely N-dealkylation sites (tertiary alicyclic amines) is 1. The topological polar surface area (TPSA) is 24.7 Å². The molecular weight excluding hydrogens is 174 g/mol. The van der Waals surface area contributed by atoms with E-state index < -0.39 is 5.60 Å². The summed E-state index contributed by atoms with van der Waals surface area (Å²) < 4.78 is 0. The Morgan fingerprint density at radius 2 is 1.79 bits per heavy atom. The van der Waals surface area contributed by atoms with E-state index in [0.29, 0.717) is 0 Å². The van der Waals surface area contributed by atoms with Gasteiger partial charge in [0.25, 0.3) is 0 Å². The molecule has 1 rings (SSSR count). The third kappa shape index (κ3) is 3.32. The van der Waals surface area contributed by atoms with Crippen LogP contribution in [0.4, 0.5) is 0 Å². The van der Waals surface area contributed by atoms with Crippen LogP contribution in [0.5, 0.6) is 0 Å². The van der Waals surface area contributed by atoms with Crippen LogP contribution in [0.15, 0.2) is 0 Å². The number of rotatable bonds is 3. The van der Waals surface area contributed by atoms with Gasteiger partial charge in [0.15, 0.2) is 0 Å². The molecule has 0 aromatic heterocycles. The summed E-state index contributed by atoms with van der Waals surface area (Å²) in [4.78, 5) is 1.58. The number of aliphatic hydroxyl groups is 1. The van der Waals surface area contributed by atoms with E-state index >= 15 is 0 Å². The molecule has 0 atom stereocenters. The number of nitrogens with one attached hydrogen (secondary N) is 1. The minimum atomic E-state index is -0.737. The molecule has 0 aliphatic carbocycles. The minimum absolute atomic E-state index is 0.728. The summed E-state index contributed by atoms with van der Waals surface area (Å²) in [7, 11) is 0. The minimum Gasteiger partial charge on any atom is -0.378 e. The van der Waals surface area contributed by atoms with Crippen molar-refractivity contribution in [2.75, 3.05) is 19.6 Å². The van der Waals surface area contributed by atoms with Crippen molar-refractivity contribution in [3.63, 3.8) is 0 Å². The van der Waals surface area contributed by atoms with Crippen molar-refractivity contribution in [2.45, 2.75) is 45.1 Å². The van der Waals surface area contributed by atoms with E-state index in [4.69, 9.17) is 0 Å². The number of hydrogen-bond acceptors (Lipinski definition) is 1. The van der Waals surface area contributed by atoms with Crippen LogP contribution in [0.2, 0.25) is 0 Å². The summed E-state index contributed by atoms with van der Waals surface area (Å²) >= 11 is 0. The van der Waals surface area contributed by atoms with Gasteiger partial charge < -0.3 is 10.0 Å². The van der Waals surface area contributed by atoms with Gasteiger partial charge >= 0.3 is 0 Å². The van der Waals surface area contributed by atoms with Crippen LogP contribution in [0, 0.1) is 11.8 Å². The zero-order valence-electron chi connectivity index (χ0n) is 9.40. The van der Waals surface area contributed by atoms with Gasteiger partial charge in [0.05, 0.1) is 13.1 Å². The first-order chi connectivity index (χ1) is 6.70. The lowest BCUT2D eigenvalue weighted by atomic mass is 9.98. The third-order valence-corrected chi connectivity index (χ3v) is 3.14. The highest BCUT2D eigenvalue weighted by Gasteiger charge is 2.18. The lowest BCUT2D eigenvalue weighted by Gasteiger charge is -2.17. The summed E-state index contributed by atoms with van der Waals surface area (Å²) in [5.41, 5.74) is -0.737. The maximum Gasteiger partial charge on any atom is 0.139 e. The second-order valence-corrected chi connectivity index (χ2v) is 4.17. The van der Waals surface area contributed by atoms with Crippen LogP contribution < -0.4 is 4.90 Å². The molecule has 2 heteroatoms. The molecular formula is C12H22NO+. The van der Waals surface area contributed by atoms with Crippen LogP contribution in [-0.2, 0) is 0 Å². The monoisotopic (exact) mass is 196 g/mol. The lowest BCUT2D eigenvalue weighted by Crippen LogP contribution is -3.09. The van der Waals surface area contributed by atoms with Gasteiger partial charge in [-0.25, -0.2) is 0 Å². The molecule has 0 unspecified atom stereocenters. The van der Waals surface area contributed by atoms with E-state index in [-0.39, 0.29) is 0 Å². The summed E-state index contributed by atoms with van der Waals surface area (Å²) in [6.45, 7) is 7.39. The molecule has 1 aliphatic heterocycles. The Labute approximate surface area is 87.3 Å². The van der Waals surface area contributed by atoms with E-state index in [9.17, 15) is 5.11 Å². The van der Waals surface area contributed by atoms with Crippen molar-refractivity contribution in [3.8, 4) is 11.8 Å². The molecule has 14 heavy (non-hydrogen) atoms. The quantitative estimate of drug-likeness (QED) is 0.620. The summed E-state index contributed by atoms with van der Waals surface area (Å²) in [6.07, 6.45) is 4.13. The predicted octanol–water partition coefficient (Wildman–Crippen LogP) is 0.220. The normalized spacial score (nSPS) is 17.9. The summed E-state index contributed by atoms with van der Waals surface area (Å²) in [5, 5.41) is 9.92. The van der Waals surface area contributed by atoms with Gasteiger partial charge in [0.1, 0.15) is 12.1 Å². The highest BCUT2D eigenvalue weighted by atomic mass is 16.3. The van der Waals surface area contributed by atoms with Crippen molar-refractivity contribution in [1.82, 2.24) is 0 Å². The number of hydrogen-bond donors (Lipinski definition) is 2. The third-order valence-electron chi connectivity index (χ3n) is 3.14. The highest BCUT2D eigenvalue weighted by molar-refractivity contribution is 5.12. The standard InChI is InChI=1S/C12H21NO/c1-3-12(14,4-2)8-7-11-13-9-5-6-10-13/h14H,3-6,9-11H2,1-2H3/p+1. The first-order valence-electron chi connectivity index (χ1n) is 5.76. The molecule has 0 aromatic rings. The molecule has 0 saturated carbocycles. The molecule has 1 saturated heterocycles. The van der Waals surface area contributed by atoms with Crippen molar-refractivity contribution < 1.29 is 10.0 Å². The molecule has 80 valence electrons. The van der Waals surface area contributed by atoms with Crippen LogP contribution in [-0.4, -0.2) is 30.3 Å². The van der Waals surface area contributed by atoms with E-state index in [1.807, 2.05) is 13.8 Å². The molecule has 1 heterocycles. The molecule has 1 aliphatic rings. The SMILES string of the molecule is CCC(O)(C#CC[NH+]1CCCC1)CC. The van der Waals surface area contributed by atoms with Gasteiger partial charge in [-0.1, -0.05) is 19.8 Å². The zero-order valence-corrected chi connectivity index (χ0v) is 9.40. The van der Waals surface area contributed by atoms with Gasteiger partial charge in [0, 0.05) is 12.8 Å². The Kier molecular flexibility index (Phi) is 4.44. The van der Waals surface area contributed by atoms with Crippen molar-refractivity contribution in [2.24, 2.45) is 0 Å². The smallest absolute Gasteiger partial charge is 0.139 e. The van der Waals surface area contributed by atoms with E-state index in [2.05, 4.69) is 11.8 Å². The molecule has 0 aromatic carbocycles. The van der Waals surface area contributed by atoms with E-state index in [1.54, 1.807) is 4.90 Å². The predicted molar refractivity (Wildman–Crippen MR) is 58.1 cm³/mol. The molecule has 2 nitrogen and oxygen atoms in total. The lowest BCUT2D eigenvalue weighted by molar-refractivity contribution is -0.879.